The van der Waals surface area contributed by atoms with E-state index in [-0.39, 0.29) is 27.2 Å². The number of phenolic OH excluding ortho intramolecular Hbond substituents is 1. The van der Waals surface area contributed by atoms with Crippen molar-refractivity contribution in [3.63, 3.8) is 0 Å². The zero-order valence-electron chi connectivity index (χ0n) is 9.76. The van der Waals surface area contributed by atoms with Crippen LogP contribution < -0.4 is 5.43 Å². The van der Waals surface area contributed by atoms with E-state index in [0.29, 0.717) is 5.56 Å². The Morgan fingerprint density at radius 2 is 1.84 bits per heavy atom. The smallest absolute Gasteiger partial charge is 0.202 e. The highest BCUT2D eigenvalue weighted by Gasteiger charge is 2.12. The van der Waals surface area contributed by atoms with Crippen molar-refractivity contribution in [1.82, 2.24) is 0 Å². The molecule has 0 aliphatic carbocycles. The summed E-state index contributed by atoms with van der Waals surface area (Å²) in [6.07, 6.45) is 1.38. The van der Waals surface area contributed by atoms with Crippen LogP contribution in [0, 0.1) is 0 Å². The first-order chi connectivity index (χ1) is 9.16. The van der Waals surface area contributed by atoms with Gasteiger partial charge in [-0.25, -0.2) is 0 Å². The van der Waals surface area contributed by atoms with Gasteiger partial charge in [-0.1, -0.05) is 41.9 Å². The molecular weight excluding hydrogens is 264 g/mol. The van der Waals surface area contributed by atoms with Gasteiger partial charge < -0.3 is 9.52 Å². The second kappa shape index (κ2) is 4.44. The van der Waals surface area contributed by atoms with Crippen molar-refractivity contribution < 1.29 is 9.52 Å². The summed E-state index contributed by atoms with van der Waals surface area (Å²) in [7, 11) is 0. The summed E-state index contributed by atoms with van der Waals surface area (Å²) >= 11 is 6.01. The van der Waals surface area contributed by atoms with Crippen LogP contribution in [0.3, 0.4) is 0 Å². The van der Waals surface area contributed by atoms with E-state index in [4.69, 9.17) is 16.0 Å². The molecule has 2 aromatic carbocycles. The molecule has 3 aromatic rings. The third kappa shape index (κ3) is 1.98. The molecule has 1 aromatic heterocycles. The van der Waals surface area contributed by atoms with E-state index in [0.717, 1.165) is 5.56 Å². The Hall–Kier alpha value is -2.26. The van der Waals surface area contributed by atoms with E-state index < -0.39 is 0 Å². The molecule has 0 spiro atoms. The van der Waals surface area contributed by atoms with E-state index in [2.05, 4.69) is 0 Å². The number of halogens is 1. The summed E-state index contributed by atoms with van der Waals surface area (Å²) in [4.78, 5) is 12.4. The standard InChI is InChI=1S/C15H9ClO3/c16-12-6-10(17)7-13-14(12)15(18)11(8-19-13)9-4-2-1-3-5-9/h1-8,17H. The number of benzene rings is 2. The number of hydrogen-bond acceptors (Lipinski definition) is 3. The minimum Gasteiger partial charge on any atom is -0.508 e. The summed E-state index contributed by atoms with van der Waals surface area (Å²) in [6.45, 7) is 0. The number of phenols is 1. The summed E-state index contributed by atoms with van der Waals surface area (Å²) in [5.74, 6) is -0.0342. The summed E-state index contributed by atoms with van der Waals surface area (Å²) in [5.41, 5.74) is 1.27. The zero-order chi connectivity index (χ0) is 13.4. The lowest BCUT2D eigenvalue weighted by atomic mass is 10.1. The SMILES string of the molecule is O=c1c(-c2ccccc2)coc2cc(O)cc(Cl)c12. The number of fused-ring (bicyclic) bond motifs is 1. The van der Waals surface area contributed by atoms with Gasteiger partial charge in [-0.3, -0.25) is 4.79 Å². The lowest BCUT2D eigenvalue weighted by Crippen LogP contribution is -2.05. The average Bonchev–Trinajstić information content (AvgIpc) is 2.39. The van der Waals surface area contributed by atoms with Gasteiger partial charge in [0.25, 0.3) is 0 Å². The van der Waals surface area contributed by atoms with Crippen molar-refractivity contribution in [2.75, 3.05) is 0 Å². The van der Waals surface area contributed by atoms with Gasteiger partial charge in [0.15, 0.2) is 0 Å². The molecule has 0 bridgehead atoms. The van der Waals surface area contributed by atoms with Gasteiger partial charge >= 0.3 is 0 Å². The first-order valence-corrected chi connectivity index (χ1v) is 6.04. The van der Waals surface area contributed by atoms with Crippen molar-refractivity contribution in [3.8, 4) is 16.9 Å². The van der Waals surface area contributed by atoms with Crippen LogP contribution in [0.2, 0.25) is 5.02 Å². The largest absolute Gasteiger partial charge is 0.508 e. The number of hydrogen-bond donors (Lipinski definition) is 1. The van der Waals surface area contributed by atoms with Crippen molar-refractivity contribution in [2.24, 2.45) is 0 Å². The van der Waals surface area contributed by atoms with Crippen molar-refractivity contribution in [2.45, 2.75) is 0 Å². The maximum Gasteiger partial charge on any atom is 0.202 e. The van der Waals surface area contributed by atoms with Gasteiger partial charge in [0.05, 0.1) is 16.0 Å². The van der Waals surface area contributed by atoms with Crippen LogP contribution in [0.4, 0.5) is 0 Å². The van der Waals surface area contributed by atoms with Crippen molar-refractivity contribution in [3.05, 3.63) is 64.0 Å². The second-order valence-corrected chi connectivity index (χ2v) is 4.55. The predicted molar refractivity (Wildman–Crippen MR) is 74.6 cm³/mol. The molecule has 0 aliphatic heterocycles. The molecular formula is C15H9ClO3. The molecule has 0 amide bonds. The molecule has 0 aliphatic rings. The zero-order valence-corrected chi connectivity index (χ0v) is 10.5. The molecule has 19 heavy (non-hydrogen) atoms. The van der Waals surface area contributed by atoms with E-state index in [1.165, 1.54) is 18.4 Å². The molecule has 0 saturated heterocycles. The molecule has 0 atom stereocenters. The minimum atomic E-state index is -0.211. The molecule has 3 rings (SSSR count). The molecule has 0 radical (unpaired) electrons. The van der Waals surface area contributed by atoms with Crippen LogP contribution in [0.1, 0.15) is 0 Å². The molecule has 1 heterocycles. The number of aromatic hydroxyl groups is 1. The van der Waals surface area contributed by atoms with E-state index >= 15 is 0 Å². The summed E-state index contributed by atoms with van der Waals surface area (Å²) in [6, 6.07) is 11.9. The van der Waals surface area contributed by atoms with Crippen LogP contribution in [-0.4, -0.2) is 5.11 Å². The Kier molecular flexibility index (Phi) is 2.76. The van der Waals surface area contributed by atoms with Crippen LogP contribution >= 0.6 is 11.6 Å². The Bertz CT molecular complexity index is 807. The Morgan fingerprint density at radius 1 is 1.11 bits per heavy atom. The van der Waals surface area contributed by atoms with Crippen LogP contribution in [0.25, 0.3) is 22.1 Å². The topological polar surface area (TPSA) is 50.4 Å². The maximum atomic E-state index is 12.4. The number of rotatable bonds is 1. The Morgan fingerprint density at radius 3 is 2.58 bits per heavy atom. The van der Waals surface area contributed by atoms with Gasteiger partial charge in [0.1, 0.15) is 17.6 Å². The molecule has 4 heteroatoms. The molecule has 94 valence electrons. The van der Waals surface area contributed by atoms with Gasteiger partial charge in [0, 0.05) is 6.07 Å². The third-order valence-corrected chi connectivity index (χ3v) is 3.20. The maximum absolute atomic E-state index is 12.4. The highest BCUT2D eigenvalue weighted by molar-refractivity contribution is 6.35. The summed E-state index contributed by atoms with van der Waals surface area (Å²) in [5, 5.41) is 9.90. The van der Waals surface area contributed by atoms with Crippen molar-refractivity contribution in [1.29, 1.82) is 0 Å². The first kappa shape index (κ1) is 11.8. The minimum absolute atomic E-state index is 0.0342. The van der Waals surface area contributed by atoms with E-state index in [1.54, 1.807) is 0 Å². The van der Waals surface area contributed by atoms with Crippen molar-refractivity contribution >= 4 is 22.6 Å². The van der Waals surface area contributed by atoms with Crippen LogP contribution in [0.5, 0.6) is 5.75 Å². The second-order valence-electron chi connectivity index (χ2n) is 4.15. The fraction of sp³-hybridized carbons (Fsp3) is 0. The molecule has 0 saturated carbocycles. The normalized spacial score (nSPS) is 10.8. The molecule has 3 nitrogen and oxygen atoms in total. The Balaban J connectivity index is 2.37. The monoisotopic (exact) mass is 272 g/mol. The van der Waals surface area contributed by atoms with Gasteiger partial charge in [-0.2, -0.15) is 0 Å². The highest BCUT2D eigenvalue weighted by atomic mass is 35.5. The fourth-order valence-electron chi connectivity index (χ4n) is 2.01. The van der Waals surface area contributed by atoms with E-state index in [9.17, 15) is 9.90 Å². The fourth-order valence-corrected chi connectivity index (χ4v) is 2.30. The van der Waals surface area contributed by atoms with Gasteiger partial charge in [-0.15, -0.1) is 0 Å². The van der Waals surface area contributed by atoms with Gasteiger partial charge in [-0.05, 0) is 11.6 Å². The predicted octanol–water partition coefficient (Wildman–Crippen LogP) is 3.82. The van der Waals surface area contributed by atoms with Crippen LogP contribution in [0.15, 0.2) is 57.9 Å². The molecule has 1 N–H and O–H groups in total. The summed E-state index contributed by atoms with van der Waals surface area (Å²) < 4.78 is 5.40. The lowest BCUT2D eigenvalue weighted by Gasteiger charge is -2.04. The molecule has 0 fully saturated rings. The van der Waals surface area contributed by atoms with Crippen LogP contribution in [-0.2, 0) is 0 Å². The average molecular weight is 273 g/mol. The van der Waals surface area contributed by atoms with Gasteiger partial charge in [0.2, 0.25) is 5.43 Å². The first-order valence-electron chi connectivity index (χ1n) is 5.66. The highest BCUT2D eigenvalue weighted by Crippen LogP contribution is 2.28. The third-order valence-electron chi connectivity index (χ3n) is 2.90. The molecule has 0 unspecified atom stereocenters. The quantitative estimate of drug-likeness (QED) is 0.733. The Labute approximate surface area is 113 Å². The lowest BCUT2D eigenvalue weighted by molar-refractivity contribution is 0.474. The van der Waals surface area contributed by atoms with E-state index in [1.807, 2.05) is 30.3 Å².